The van der Waals surface area contributed by atoms with Crippen molar-refractivity contribution in [1.29, 1.82) is 0 Å². The number of carbonyl (C=O) groups is 2. The highest BCUT2D eigenvalue weighted by Crippen LogP contribution is 2.52. The summed E-state index contributed by atoms with van der Waals surface area (Å²) < 4.78 is 16.6. The second-order valence-corrected chi connectivity index (χ2v) is 8.41. The predicted octanol–water partition coefficient (Wildman–Crippen LogP) is 2.35. The molecule has 2 saturated heterocycles. The zero-order chi connectivity index (χ0) is 22.3. The second-order valence-electron chi connectivity index (χ2n) is 8.41. The molecule has 7 heteroatoms. The van der Waals surface area contributed by atoms with Gasteiger partial charge in [0.15, 0.2) is 0 Å². The number of methoxy groups -OCH3 is 2. The fourth-order valence-corrected chi connectivity index (χ4v) is 5.02. The SMILES string of the molecule is COc1ccc(CCNC(=O)[C@@H]2[C@@H]3C=C[C@@]4(CN(c5ccc(OC)cc5)C(=O)[C@@H]24)O3)cc1. The largest absolute Gasteiger partial charge is 0.497 e. The highest BCUT2D eigenvalue weighted by Gasteiger charge is 2.67. The van der Waals surface area contributed by atoms with Crippen molar-refractivity contribution in [3.05, 3.63) is 66.2 Å². The van der Waals surface area contributed by atoms with Gasteiger partial charge < -0.3 is 24.4 Å². The van der Waals surface area contributed by atoms with Gasteiger partial charge in [-0.2, -0.15) is 0 Å². The summed E-state index contributed by atoms with van der Waals surface area (Å²) in [7, 11) is 3.24. The van der Waals surface area contributed by atoms with E-state index in [0.717, 1.165) is 22.7 Å². The molecule has 2 amide bonds. The molecule has 0 unspecified atom stereocenters. The molecule has 1 N–H and O–H groups in total. The number of carbonyl (C=O) groups excluding carboxylic acids is 2. The molecule has 2 aromatic carbocycles. The van der Waals surface area contributed by atoms with Crippen molar-refractivity contribution in [2.24, 2.45) is 11.8 Å². The third kappa shape index (κ3) is 3.33. The van der Waals surface area contributed by atoms with Gasteiger partial charge in [0.2, 0.25) is 11.8 Å². The topological polar surface area (TPSA) is 77.1 Å². The summed E-state index contributed by atoms with van der Waals surface area (Å²) in [5, 5.41) is 3.01. The summed E-state index contributed by atoms with van der Waals surface area (Å²) in [4.78, 5) is 28.2. The third-order valence-electron chi connectivity index (χ3n) is 6.66. The van der Waals surface area contributed by atoms with Gasteiger partial charge in [0.05, 0.1) is 38.7 Å². The fourth-order valence-electron chi connectivity index (χ4n) is 5.02. The first-order valence-electron chi connectivity index (χ1n) is 10.8. The number of rotatable bonds is 7. The van der Waals surface area contributed by atoms with Crippen LogP contribution in [0.4, 0.5) is 5.69 Å². The van der Waals surface area contributed by atoms with Crippen LogP contribution in [-0.2, 0) is 20.7 Å². The van der Waals surface area contributed by atoms with Gasteiger partial charge in [0, 0.05) is 12.2 Å². The molecule has 0 saturated carbocycles. The van der Waals surface area contributed by atoms with Gasteiger partial charge in [0.25, 0.3) is 0 Å². The lowest BCUT2D eigenvalue weighted by Crippen LogP contribution is -2.44. The minimum atomic E-state index is -0.736. The van der Waals surface area contributed by atoms with Gasteiger partial charge in [-0.3, -0.25) is 9.59 Å². The Morgan fingerprint density at radius 3 is 2.41 bits per heavy atom. The number of ether oxygens (including phenoxy) is 3. The normalized spacial score (nSPS) is 27.5. The number of nitrogens with zero attached hydrogens (tertiary/aromatic N) is 1. The molecule has 2 bridgehead atoms. The number of amides is 2. The summed E-state index contributed by atoms with van der Waals surface area (Å²) in [6.07, 6.45) is 4.23. The number of hydrogen-bond acceptors (Lipinski definition) is 5. The van der Waals surface area contributed by atoms with E-state index in [-0.39, 0.29) is 17.9 Å². The Morgan fingerprint density at radius 1 is 1.09 bits per heavy atom. The van der Waals surface area contributed by atoms with Crippen LogP contribution in [0, 0.1) is 11.8 Å². The number of nitrogens with one attached hydrogen (secondary N) is 1. The maximum absolute atomic E-state index is 13.4. The Hall–Kier alpha value is -3.32. The fraction of sp³-hybridized carbons (Fsp3) is 0.360. The van der Waals surface area contributed by atoms with E-state index in [1.807, 2.05) is 60.7 Å². The summed E-state index contributed by atoms with van der Waals surface area (Å²) in [5.74, 6) is 0.286. The highest BCUT2D eigenvalue weighted by molar-refractivity contribution is 6.03. The number of fused-ring (bicyclic) bond motifs is 1. The molecule has 2 aromatic rings. The first-order chi connectivity index (χ1) is 15.5. The Kier molecular flexibility index (Phi) is 5.13. The minimum absolute atomic E-state index is 0.0719. The lowest BCUT2D eigenvalue weighted by molar-refractivity contribution is -0.131. The van der Waals surface area contributed by atoms with E-state index in [2.05, 4.69) is 5.32 Å². The zero-order valence-corrected chi connectivity index (χ0v) is 18.1. The molecular weight excluding hydrogens is 408 g/mol. The molecule has 3 aliphatic heterocycles. The van der Waals surface area contributed by atoms with Crippen LogP contribution in [0.5, 0.6) is 11.5 Å². The van der Waals surface area contributed by atoms with Crippen LogP contribution in [0.1, 0.15) is 5.56 Å². The number of anilines is 1. The molecule has 5 rings (SSSR count). The van der Waals surface area contributed by atoms with E-state index >= 15 is 0 Å². The maximum atomic E-state index is 13.4. The summed E-state index contributed by atoms with van der Waals surface area (Å²) >= 11 is 0. The van der Waals surface area contributed by atoms with Gasteiger partial charge in [0.1, 0.15) is 17.1 Å². The van der Waals surface area contributed by atoms with Gasteiger partial charge in [-0.15, -0.1) is 0 Å². The maximum Gasteiger partial charge on any atom is 0.234 e. The van der Waals surface area contributed by atoms with E-state index in [1.165, 1.54) is 0 Å². The lowest BCUT2D eigenvalue weighted by atomic mass is 9.77. The van der Waals surface area contributed by atoms with Crippen molar-refractivity contribution in [1.82, 2.24) is 5.32 Å². The summed E-state index contributed by atoms with van der Waals surface area (Å²) in [5.41, 5.74) is 1.15. The van der Waals surface area contributed by atoms with E-state index in [9.17, 15) is 9.59 Å². The van der Waals surface area contributed by atoms with E-state index in [4.69, 9.17) is 14.2 Å². The predicted molar refractivity (Wildman–Crippen MR) is 119 cm³/mol. The summed E-state index contributed by atoms with van der Waals surface area (Å²) in [6.45, 7) is 0.902. The van der Waals surface area contributed by atoms with Crippen LogP contribution in [0.2, 0.25) is 0 Å². The number of hydrogen-bond donors (Lipinski definition) is 1. The molecule has 0 aliphatic carbocycles. The molecule has 2 fully saturated rings. The van der Waals surface area contributed by atoms with Crippen LogP contribution >= 0.6 is 0 Å². The van der Waals surface area contributed by atoms with E-state index in [0.29, 0.717) is 19.5 Å². The summed E-state index contributed by atoms with van der Waals surface area (Å²) in [6, 6.07) is 15.1. The van der Waals surface area contributed by atoms with E-state index < -0.39 is 17.4 Å². The molecule has 0 radical (unpaired) electrons. The molecule has 4 atom stereocenters. The van der Waals surface area contributed by atoms with Crippen molar-refractivity contribution in [2.45, 2.75) is 18.1 Å². The minimum Gasteiger partial charge on any atom is -0.497 e. The van der Waals surface area contributed by atoms with Crippen LogP contribution in [0.25, 0.3) is 0 Å². The monoisotopic (exact) mass is 434 g/mol. The van der Waals surface area contributed by atoms with Crippen LogP contribution < -0.4 is 19.7 Å². The van der Waals surface area contributed by atoms with Crippen molar-refractivity contribution >= 4 is 17.5 Å². The van der Waals surface area contributed by atoms with Crippen molar-refractivity contribution in [3.63, 3.8) is 0 Å². The van der Waals surface area contributed by atoms with Crippen molar-refractivity contribution < 1.29 is 23.8 Å². The van der Waals surface area contributed by atoms with Gasteiger partial charge in [-0.05, 0) is 48.4 Å². The van der Waals surface area contributed by atoms with Crippen LogP contribution in [0.15, 0.2) is 60.7 Å². The first kappa shape index (κ1) is 20.6. The Morgan fingerprint density at radius 2 is 1.75 bits per heavy atom. The van der Waals surface area contributed by atoms with Gasteiger partial charge >= 0.3 is 0 Å². The van der Waals surface area contributed by atoms with Crippen LogP contribution in [-0.4, -0.2) is 50.8 Å². The first-order valence-corrected chi connectivity index (χ1v) is 10.8. The average molecular weight is 434 g/mol. The Labute approximate surface area is 186 Å². The van der Waals surface area contributed by atoms with Crippen molar-refractivity contribution in [3.8, 4) is 11.5 Å². The van der Waals surface area contributed by atoms with E-state index in [1.54, 1.807) is 19.1 Å². The zero-order valence-electron chi connectivity index (χ0n) is 18.1. The molecule has 32 heavy (non-hydrogen) atoms. The number of benzene rings is 2. The Bertz CT molecular complexity index is 1050. The standard InChI is InChI=1S/C25H26N2O5/c1-30-18-7-3-16(4-8-18)12-14-26-23(28)21-20-11-13-25(32-20)15-27(24(29)22(21)25)17-5-9-19(31-2)10-6-17/h3-11,13,20-22H,12,14-15H2,1-2H3,(H,26,28)/t20-,21+,22+,25-/m0/s1. The molecule has 7 nitrogen and oxygen atoms in total. The smallest absolute Gasteiger partial charge is 0.234 e. The molecule has 0 aromatic heterocycles. The molecule has 166 valence electrons. The van der Waals surface area contributed by atoms with Gasteiger partial charge in [-0.25, -0.2) is 0 Å². The van der Waals surface area contributed by atoms with Crippen molar-refractivity contribution in [2.75, 3.05) is 32.2 Å². The lowest BCUT2D eigenvalue weighted by Gasteiger charge is -2.23. The second kappa shape index (κ2) is 7.98. The molecule has 3 aliphatic rings. The molecule has 1 spiro atoms. The van der Waals surface area contributed by atoms with Crippen LogP contribution in [0.3, 0.4) is 0 Å². The quantitative estimate of drug-likeness (QED) is 0.677. The Balaban J connectivity index is 1.27. The molecule has 3 heterocycles. The molecular formula is C25H26N2O5. The highest BCUT2D eigenvalue weighted by atomic mass is 16.5. The third-order valence-corrected chi connectivity index (χ3v) is 6.66. The average Bonchev–Trinajstić information content (AvgIpc) is 3.48. The van der Waals surface area contributed by atoms with Gasteiger partial charge in [-0.1, -0.05) is 24.3 Å².